The number of rotatable bonds is 10. The monoisotopic (exact) mass is 772 g/mol. The summed E-state index contributed by atoms with van der Waals surface area (Å²) in [6.45, 7) is 13.8. The first-order valence-electron chi connectivity index (χ1n) is 16.4. The second-order valence-corrected chi connectivity index (χ2v) is 13.2. The fourth-order valence-corrected chi connectivity index (χ4v) is 7.38. The summed E-state index contributed by atoms with van der Waals surface area (Å²) in [6, 6.07) is 42.0. The zero-order chi connectivity index (χ0) is 30.1. The van der Waals surface area contributed by atoms with Gasteiger partial charge in [0.2, 0.25) is 0 Å². The number of benzene rings is 4. The fraction of sp³-hybridized carbons (Fsp3) is 0.289. The van der Waals surface area contributed by atoms with Crippen molar-refractivity contribution in [2.24, 2.45) is 0 Å². The molecule has 0 aromatic heterocycles. The van der Waals surface area contributed by atoms with E-state index in [4.69, 9.17) is 0 Å². The summed E-state index contributed by atoms with van der Waals surface area (Å²) in [6.07, 6.45) is 4.58. The molecule has 0 radical (unpaired) electrons. The number of hydrogen-bond donors (Lipinski definition) is 0. The normalized spacial score (nSPS) is 11.5. The van der Waals surface area contributed by atoms with E-state index in [0.717, 1.165) is 25.7 Å². The first-order valence-corrected chi connectivity index (χ1v) is 16.4. The van der Waals surface area contributed by atoms with Crippen LogP contribution in [0.15, 0.2) is 109 Å². The van der Waals surface area contributed by atoms with Crippen LogP contribution in [0.5, 0.6) is 0 Å². The Kier molecular flexibility index (Phi) is 12.8. The van der Waals surface area contributed by atoms with Crippen molar-refractivity contribution in [3.8, 4) is 22.3 Å². The molecule has 0 bridgehead atoms. The van der Waals surface area contributed by atoms with Gasteiger partial charge >= 0.3 is 25.8 Å². The molecule has 6 aromatic carbocycles. The summed E-state index contributed by atoms with van der Waals surface area (Å²) in [5.74, 6) is 1.03. The second-order valence-electron chi connectivity index (χ2n) is 13.2. The predicted molar refractivity (Wildman–Crippen MR) is 202 cm³/mol. The predicted octanol–water partition coefficient (Wildman–Crippen LogP) is 13.8. The maximum absolute atomic E-state index is 2.53. The molecule has 1 heteroatoms. The Bertz CT molecular complexity index is 1720. The number of fused-ring (bicyclic) bond motifs is 2. The molecular weight excluding hydrogens is 719 g/mol. The quantitative estimate of drug-likeness (QED) is 0.0961. The molecule has 0 aliphatic heterocycles. The molecule has 0 fully saturated rings. The standard InChI is InChI=1S/C43H46.2CH3.Hf/c1-7-21-43(22-8-2,37-25-35-17-11-19-39(41(35)27-37)33-15-9-13-31(23-33)29(3)4)38-26-36-18-12-20-40(42(36)28-38)34-16-10-14-32(24-34)30(5)6;;;/h9-20,23-30H,7-8,21-22H2,1-6H3;2*1H3;/q-2;2*-1;+4. The van der Waals surface area contributed by atoms with Crippen LogP contribution in [0.25, 0.3) is 43.8 Å². The molecule has 0 atom stereocenters. The molecule has 0 unspecified atom stereocenters. The average molecular weight is 771 g/mol. The van der Waals surface area contributed by atoms with Crippen molar-refractivity contribution in [1.29, 1.82) is 0 Å². The minimum atomic E-state index is -0.0182. The van der Waals surface area contributed by atoms with E-state index >= 15 is 0 Å². The summed E-state index contributed by atoms with van der Waals surface area (Å²) >= 11 is 0. The third-order valence-electron chi connectivity index (χ3n) is 9.69. The Morgan fingerprint density at radius 2 is 0.935 bits per heavy atom. The van der Waals surface area contributed by atoms with Gasteiger partial charge in [0.05, 0.1) is 0 Å². The van der Waals surface area contributed by atoms with E-state index in [9.17, 15) is 0 Å². The molecule has 0 saturated carbocycles. The summed E-state index contributed by atoms with van der Waals surface area (Å²) < 4.78 is 0. The van der Waals surface area contributed by atoms with Crippen LogP contribution in [0.3, 0.4) is 0 Å². The fourth-order valence-electron chi connectivity index (χ4n) is 7.38. The Hall–Kier alpha value is -3.03. The van der Waals surface area contributed by atoms with E-state index in [1.54, 1.807) is 0 Å². The minimum absolute atomic E-state index is 0. The molecule has 0 amide bonds. The maximum Gasteiger partial charge on any atom is 4.00 e. The van der Waals surface area contributed by atoms with Gasteiger partial charge in [-0.15, -0.1) is 69.1 Å². The van der Waals surface area contributed by atoms with E-state index in [0.29, 0.717) is 11.8 Å². The van der Waals surface area contributed by atoms with Gasteiger partial charge in [0.15, 0.2) is 0 Å². The van der Waals surface area contributed by atoms with Gasteiger partial charge in [0.1, 0.15) is 0 Å². The Morgan fingerprint density at radius 1 is 0.543 bits per heavy atom. The summed E-state index contributed by atoms with van der Waals surface area (Å²) in [4.78, 5) is 0. The smallest absolute Gasteiger partial charge is 0.358 e. The Balaban J connectivity index is 0.00000192. The van der Waals surface area contributed by atoms with Crippen LogP contribution in [-0.2, 0) is 31.3 Å². The molecule has 0 saturated heterocycles. The van der Waals surface area contributed by atoms with Crippen molar-refractivity contribution in [2.45, 2.75) is 84.5 Å². The molecule has 0 heterocycles. The van der Waals surface area contributed by atoms with E-state index in [2.05, 4.69) is 151 Å². The average Bonchev–Trinajstić information content (AvgIpc) is 3.66. The van der Waals surface area contributed by atoms with Crippen LogP contribution < -0.4 is 0 Å². The zero-order valence-electron chi connectivity index (χ0n) is 29.4. The van der Waals surface area contributed by atoms with Crippen LogP contribution in [0.1, 0.15) is 101 Å². The molecule has 0 N–H and O–H groups in total. The Labute approximate surface area is 298 Å². The third-order valence-corrected chi connectivity index (χ3v) is 9.69. The van der Waals surface area contributed by atoms with Crippen LogP contribution in [0, 0.1) is 14.9 Å². The van der Waals surface area contributed by atoms with Gasteiger partial charge in [0, 0.05) is 0 Å². The molecule has 236 valence electrons. The molecular formula is C45H52Hf. The van der Waals surface area contributed by atoms with Gasteiger partial charge in [-0.3, -0.25) is 0 Å². The van der Waals surface area contributed by atoms with Crippen molar-refractivity contribution < 1.29 is 25.8 Å². The van der Waals surface area contributed by atoms with Gasteiger partial charge in [-0.25, -0.2) is 0 Å². The summed E-state index contributed by atoms with van der Waals surface area (Å²) in [5, 5.41) is 5.44. The van der Waals surface area contributed by atoms with Crippen LogP contribution in [0.2, 0.25) is 0 Å². The summed E-state index contributed by atoms with van der Waals surface area (Å²) in [5.41, 5.74) is 11.0. The van der Waals surface area contributed by atoms with Crippen molar-refractivity contribution in [3.05, 3.63) is 146 Å². The SMILES string of the molecule is CCCC(CCC)(c1cc2c(-c3cccc(C(C)C)c3)cccc2[cH-]1)c1cc2c(-c3cccc(C(C)C)c3)cccc2[cH-]1.[CH3-].[CH3-].[Hf+4]. The maximum atomic E-state index is 2.53. The van der Waals surface area contributed by atoms with E-state index in [1.807, 2.05) is 0 Å². The third kappa shape index (κ3) is 6.96. The van der Waals surface area contributed by atoms with E-state index < -0.39 is 0 Å². The zero-order valence-corrected chi connectivity index (χ0v) is 33.0. The first-order chi connectivity index (χ1) is 20.8. The van der Waals surface area contributed by atoms with Gasteiger partial charge in [-0.2, -0.15) is 12.1 Å². The molecule has 0 nitrogen and oxygen atoms in total. The van der Waals surface area contributed by atoms with Crippen molar-refractivity contribution >= 4 is 21.5 Å². The van der Waals surface area contributed by atoms with Gasteiger partial charge in [0.25, 0.3) is 0 Å². The van der Waals surface area contributed by atoms with Gasteiger partial charge in [-0.1, -0.05) is 126 Å². The van der Waals surface area contributed by atoms with Crippen molar-refractivity contribution in [2.75, 3.05) is 0 Å². The van der Waals surface area contributed by atoms with Crippen molar-refractivity contribution in [1.82, 2.24) is 0 Å². The summed E-state index contributed by atoms with van der Waals surface area (Å²) in [7, 11) is 0. The van der Waals surface area contributed by atoms with Gasteiger partial charge < -0.3 is 14.9 Å². The minimum Gasteiger partial charge on any atom is -0.358 e. The number of hydrogen-bond acceptors (Lipinski definition) is 0. The van der Waals surface area contributed by atoms with Gasteiger partial charge in [-0.05, 0) is 52.3 Å². The molecule has 0 aliphatic rings. The second kappa shape index (κ2) is 15.7. The first kappa shape index (κ1) is 37.4. The Morgan fingerprint density at radius 3 is 1.30 bits per heavy atom. The van der Waals surface area contributed by atoms with E-state index in [1.165, 1.54) is 66.1 Å². The molecule has 46 heavy (non-hydrogen) atoms. The van der Waals surface area contributed by atoms with Crippen molar-refractivity contribution in [3.63, 3.8) is 0 Å². The molecule has 6 aromatic rings. The van der Waals surface area contributed by atoms with Crippen LogP contribution >= 0.6 is 0 Å². The molecule has 6 rings (SSSR count). The molecule has 0 spiro atoms. The van der Waals surface area contributed by atoms with E-state index in [-0.39, 0.29) is 46.1 Å². The largest absolute Gasteiger partial charge is 4.00 e. The van der Waals surface area contributed by atoms with Crippen LogP contribution in [-0.4, -0.2) is 0 Å². The van der Waals surface area contributed by atoms with Crippen LogP contribution in [0.4, 0.5) is 0 Å². The molecule has 0 aliphatic carbocycles. The topological polar surface area (TPSA) is 0 Å².